The summed E-state index contributed by atoms with van der Waals surface area (Å²) in [7, 11) is 0. The van der Waals surface area contributed by atoms with Gasteiger partial charge in [-0.25, -0.2) is 4.79 Å². The van der Waals surface area contributed by atoms with Crippen LogP contribution >= 0.6 is 0 Å². The monoisotopic (exact) mass is 486 g/mol. The van der Waals surface area contributed by atoms with Crippen LogP contribution < -0.4 is 21.9 Å². The summed E-state index contributed by atoms with van der Waals surface area (Å²) in [5.74, 6) is -0.177. The SMILES string of the molecule is Cc1cccc(CCC(=O)N(CCC2=CCCCC2)c2c(N)n(Cc3ccccc3)c(=O)[nH]c2=O)c1. The number of amides is 1. The third kappa shape index (κ3) is 6.22. The molecule has 0 saturated carbocycles. The summed E-state index contributed by atoms with van der Waals surface area (Å²) < 4.78 is 1.33. The van der Waals surface area contributed by atoms with Crippen molar-refractivity contribution < 1.29 is 4.79 Å². The minimum atomic E-state index is -0.636. The molecule has 0 atom stereocenters. The average molecular weight is 487 g/mol. The van der Waals surface area contributed by atoms with E-state index in [1.807, 2.05) is 55.5 Å². The van der Waals surface area contributed by atoms with Crippen molar-refractivity contribution in [2.45, 2.75) is 58.4 Å². The van der Waals surface area contributed by atoms with Gasteiger partial charge in [0.1, 0.15) is 5.82 Å². The standard InChI is InChI=1S/C29H34N4O3/c1-21-9-8-14-23(19-21)15-16-25(34)32(18-17-22-10-4-2-5-11-22)26-27(30)33(29(36)31-28(26)35)20-24-12-6-3-7-13-24/h3,6-10,12-14,19H,2,4-5,11,15-18,20,30H2,1H3,(H,31,35,36). The van der Waals surface area contributed by atoms with Crippen LogP contribution in [0.3, 0.4) is 0 Å². The molecule has 0 radical (unpaired) electrons. The van der Waals surface area contributed by atoms with Gasteiger partial charge < -0.3 is 10.6 Å². The van der Waals surface area contributed by atoms with E-state index < -0.39 is 11.2 Å². The van der Waals surface area contributed by atoms with Gasteiger partial charge in [0.25, 0.3) is 5.56 Å². The van der Waals surface area contributed by atoms with Crippen molar-refractivity contribution in [1.29, 1.82) is 0 Å². The number of nitrogens with one attached hydrogen (secondary N) is 1. The van der Waals surface area contributed by atoms with Crippen molar-refractivity contribution in [3.8, 4) is 0 Å². The second-order valence-corrected chi connectivity index (χ2v) is 9.46. The minimum absolute atomic E-state index is 0.00846. The molecule has 1 heterocycles. The van der Waals surface area contributed by atoms with E-state index in [4.69, 9.17) is 5.73 Å². The predicted octanol–water partition coefficient (Wildman–Crippen LogP) is 4.33. The number of hydrogen-bond donors (Lipinski definition) is 2. The van der Waals surface area contributed by atoms with Gasteiger partial charge in [-0.1, -0.05) is 71.8 Å². The van der Waals surface area contributed by atoms with Crippen molar-refractivity contribution >= 4 is 17.4 Å². The van der Waals surface area contributed by atoms with Crippen molar-refractivity contribution in [3.63, 3.8) is 0 Å². The topological polar surface area (TPSA) is 101 Å². The highest BCUT2D eigenvalue weighted by atomic mass is 16.2. The summed E-state index contributed by atoms with van der Waals surface area (Å²) in [6.45, 7) is 2.56. The number of allylic oxidation sites excluding steroid dienone is 1. The van der Waals surface area contributed by atoms with E-state index >= 15 is 0 Å². The summed E-state index contributed by atoms with van der Waals surface area (Å²) in [4.78, 5) is 43.1. The van der Waals surface area contributed by atoms with E-state index in [-0.39, 0.29) is 30.4 Å². The second kappa shape index (κ2) is 11.7. The lowest BCUT2D eigenvalue weighted by molar-refractivity contribution is -0.118. The fourth-order valence-electron chi connectivity index (χ4n) is 4.76. The number of aromatic nitrogens is 2. The van der Waals surface area contributed by atoms with Gasteiger partial charge in [-0.05, 0) is 56.6 Å². The van der Waals surface area contributed by atoms with Crippen LogP contribution in [0, 0.1) is 6.92 Å². The largest absolute Gasteiger partial charge is 0.383 e. The van der Waals surface area contributed by atoms with Crippen LogP contribution in [-0.4, -0.2) is 22.0 Å². The summed E-state index contributed by atoms with van der Waals surface area (Å²) in [5.41, 5.74) is 9.63. The van der Waals surface area contributed by atoms with E-state index in [9.17, 15) is 14.4 Å². The number of benzene rings is 2. The number of hydrogen-bond acceptors (Lipinski definition) is 4. The van der Waals surface area contributed by atoms with Crippen LogP contribution in [0.25, 0.3) is 0 Å². The van der Waals surface area contributed by atoms with E-state index in [1.54, 1.807) is 0 Å². The molecule has 0 aliphatic heterocycles. The molecular formula is C29H34N4O3. The van der Waals surface area contributed by atoms with E-state index in [0.29, 0.717) is 19.4 Å². The van der Waals surface area contributed by atoms with Crippen molar-refractivity contribution in [2.75, 3.05) is 17.2 Å². The first-order chi connectivity index (χ1) is 17.4. The molecule has 0 saturated heterocycles. The molecule has 0 spiro atoms. The van der Waals surface area contributed by atoms with Gasteiger partial charge in [0, 0.05) is 13.0 Å². The summed E-state index contributed by atoms with van der Waals surface area (Å²) in [6.07, 6.45) is 8.07. The Morgan fingerprint density at radius 1 is 1.03 bits per heavy atom. The number of aryl methyl sites for hydroxylation is 2. The average Bonchev–Trinajstić information content (AvgIpc) is 2.88. The Morgan fingerprint density at radius 2 is 1.81 bits per heavy atom. The number of nitrogens with zero attached hydrogens (tertiary/aromatic N) is 2. The lowest BCUT2D eigenvalue weighted by Crippen LogP contribution is -2.42. The first kappa shape index (κ1) is 25.2. The maximum absolute atomic E-state index is 13.5. The molecule has 36 heavy (non-hydrogen) atoms. The third-order valence-electron chi connectivity index (χ3n) is 6.72. The maximum atomic E-state index is 13.5. The van der Waals surface area contributed by atoms with E-state index in [2.05, 4.69) is 17.1 Å². The Kier molecular flexibility index (Phi) is 8.21. The number of rotatable bonds is 9. The molecule has 3 aromatic rings. The molecule has 1 amide bonds. The zero-order chi connectivity index (χ0) is 25.5. The smallest absolute Gasteiger partial charge is 0.330 e. The fraction of sp³-hybridized carbons (Fsp3) is 0.345. The summed E-state index contributed by atoms with van der Waals surface area (Å²) in [6, 6.07) is 17.5. The number of carbonyl (C=O) groups excluding carboxylic acids is 1. The molecular weight excluding hydrogens is 452 g/mol. The number of aromatic amines is 1. The summed E-state index contributed by atoms with van der Waals surface area (Å²) in [5, 5.41) is 0. The highest BCUT2D eigenvalue weighted by molar-refractivity contribution is 5.95. The molecule has 1 aromatic heterocycles. The maximum Gasteiger partial charge on any atom is 0.330 e. The van der Waals surface area contributed by atoms with Gasteiger partial charge in [0.05, 0.1) is 6.54 Å². The van der Waals surface area contributed by atoms with Crippen LogP contribution in [-0.2, 0) is 17.8 Å². The normalized spacial score (nSPS) is 13.3. The Balaban J connectivity index is 1.66. The molecule has 1 aliphatic rings. The quantitative estimate of drug-likeness (QED) is 0.440. The third-order valence-corrected chi connectivity index (χ3v) is 6.72. The molecule has 0 unspecified atom stereocenters. The number of nitrogens with two attached hydrogens (primary N) is 1. The van der Waals surface area contributed by atoms with Crippen LogP contribution in [0.5, 0.6) is 0 Å². The Bertz CT molecular complexity index is 1350. The van der Waals surface area contributed by atoms with Crippen LogP contribution in [0.15, 0.2) is 75.8 Å². The van der Waals surface area contributed by atoms with Crippen LogP contribution in [0.2, 0.25) is 0 Å². The van der Waals surface area contributed by atoms with Gasteiger partial charge >= 0.3 is 5.69 Å². The van der Waals surface area contributed by atoms with Gasteiger partial charge in [0.2, 0.25) is 5.91 Å². The lowest BCUT2D eigenvalue weighted by atomic mass is 9.97. The number of H-pyrrole nitrogens is 1. The molecule has 188 valence electrons. The Hall–Kier alpha value is -3.87. The molecule has 0 fully saturated rings. The highest BCUT2D eigenvalue weighted by Gasteiger charge is 2.24. The van der Waals surface area contributed by atoms with Crippen LogP contribution in [0.1, 0.15) is 55.2 Å². The molecule has 0 bridgehead atoms. The number of anilines is 2. The Labute approximate surface area is 211 Å². The molecule has 7 heteroatoms. The summed E-state index contributed by atoms with van der Waals surface area (Å²) >= 11 is 0. The van der Waals surface area contributed by atoms with Gasteiger partial charge in [-0.2, -0.15) is 0 Å². The van der Waals surface area contributed by atoms with Gasteiger partial charge in [-0.3, -0.25) is 19.1 Å². The zero-order valence-corrected chi connectivity index (χ0v) is 20.8. The van der Waals surface area contributed by atoms with E-state index in [1.165, 1.54) is 21.5 Å². The molecule has 7 nitrogen and oxygen atoms in total. The molecule has 3 N–H and O–H groups in total. The fourth-order valence-corrected chi connectivity index (χ4v) is 4.76. The zero-order valence-electron chi connectivity index (χ0n) is 20.8. The van der Waals surface area contributed by atoms with Crippen molar-refractivity contribution in [2.24, 2.45) is 0 Å². The lowest BCUT2D eigenvalue weighted by Gasteiger charge is -2.26. The first-order valence-electron chi connectivity index (χ1n) is 12.6. The first-order valence-corrected chi connectivity index (χ1v) is 12.6. The van der Waals surface area contributed by atoms with Crippen molar-refractivity contribution in [3.05, 3.63) is 104 Å². The van der Waals surface area contributed by atoms with E-state index in [0.717, 1.165) is 36.0 Å². The van der Waals surface area contributed by atoms with Crippen LogP contribution in [0.4, 0.5) is 11.5 Å². The molecule has 4 rings (SSSR count). The Morgan fingerprint density at radius 3 is 2.53 bits per heavy atom. The molecule has 2 aromatic carbocycles. The van der Waals surface area contributed by atoms with Gasteiger partial charge in [0.15, 0.2) is 5.69 Å². The number of nitrogen functional groups attached to an aromatic ring is 1. The predicted molar refractivity (Wildman–Crippen MR) is 144 cm³/mol. The van der Waals surface area contributed by atoms with Gasteiger partial charge in [-0.15, -0.1) is 0 Å². The number of carbonyl (C=O) groups is 1. The highest BCUT2D eigenvalue weighted by Crippen LogP contribution is 2.24. The second-order valence-electron chi connectivity index (χ2n) is 9.46. The minimum Gasteiger partial charge on any atom is -0.383 e. The van der Waals surface area contributed by atoms with Crippen molar-refractivity contribution in [1.82, 2.24) is 9.55 Å². The molecule has 1 aliphatic carbocycles.